The van der Waals surface area contributed by atoms with Gasteiger partial charge in [0.1, 0.15) is 0 Å². The Morgan fingerprint density at radius 2 is 2.10 bits per heavy atom. The summed E-state index contributed by atoms with van der Waals surface area (Å²) >= 11 is 0. The van der Waals surface area contributed by atoms with Crippen LogP contribution in [0.1, 0.15) is 19.4 Å². The van der Waals surface area contributed by atoms with Crippen LogP contribution in [0.4, 0.5) is 0 Å². The number of hydrogen-bond acceptors (Lipinski definition) is 2. The lowest BCUT2D eigenvalue weighted by atomic mass is 10.1. The number of aromatic nitrogens is 1. The second-order valence-corrected chi connectivity index (χ2v) is 5.58. The molecule has 2 rings (SSSR count). The highest BCUT2D eigenvalue weighted by Crippen LogP contribution is 2.21. The van der Waals surface area contributed by atoms with Crippen molar-refractivity contribution in [3.05, 3.63) is 42.1 Å². The van der Waals surface area contributed by atoms with Gasteiger partial charge in [-0.25, -0.2) is 0 Å². The van der Waals surface area contributed by atoms with Crippen molar-refractivity contribution in [2.24, 2.45) is 7.05 Å². The Morgan fingerprint density at radius 1 is 1.40 bits per heavy atom. The molecule has 0 fully saturated rings. The number of carbonyl (C=O) groups is 1. The van der Waals surface area contributed by atoms with Gasteiger partial charge in [0, 0.05) is 35.8 Å². The fourth-order valence-corrected chi connectivity index (χ4v) is 2.09. The number of nitrogens with one attached hydrogen (secondary N) is 1. The highest BCUT2D eigenvalue weighted by molar-refractivity contribution is 5.96. The third-order valence-corrected chi connectivity index (χ3v) is 3.20. The van der Waals surface area contributed by atoms with Crippen molar-refractivity contribution in [1.82, 2.24) is 9.88 Å². The Morgan fingerprint density at radius 3 is 2.80 bits per heavy atom. The van der Waals surface area contributed by atoms with Crippen LogP contribution in [-0.2, 0) is 11.8 Å². The Kier molecular flexibility index (Phi) is 3.95. The molecular weight excluding hydrogens is 252 g/mol. The van der Waals surface area contributed by atoms with Gasteiger partial charge >= 0.3 is 0 Å². The smallest absolute Gasteiger partial charge is 0.244 e. The zero-order valence-corrected chi connectivity index (χ0v) is 12.1. The predicted molar refractivity (Wildman–Crippen MR) is 81.3 cm³/mol. The number of fused-ring (bicyclic) bond motifs is 1. The molecule has 2 N–H and O–H groups in total. The van der Waals surface area contributed by atoms with E-state index >= 15 is 0 Å². The zero-order chi connectivity index (χ0) is 14.8. The second-order valence-electron chi connectivity index (χ2n) is 5.58. The minimum Gasteiger partial charge on any atom is -0.394 e. The lowest BCUT2D eigenvalue weighted by molar-refractivity contribution is -0.118. The van der Waals surface area contributed by atoms with Crippen molar-refractivity contribution in [3.8, 4) is 0 Å². The number of para-hydroxylation sites is 1. The average Bonchev–Trinajstić information content (AvgIpc) is 2.73. The lowest BCUT2D eigenvalue weighted by Gasteiger charge is -2.22. The monoisotopic (exact) mass is 272 g/mol. The second kappa shape index (κ2) is 5.51. The molecule has 0 aliphatic carbocycles. The zero-order valence-electron chi connectivity index (χ0n) is 12.1. The van der Waals surface area contributed by atoms with Crippen molar-refractivity contribution in [2.75, 3.05) is 6.61 Å². The standard InChI is InChI=1S/C16H20N2O2/c1-16(2,11-19)17-15(20)9-8-12-10-18(3)14-7-5-4-6-13(12)14/h4-10,19H,11H2,1-3H3,(H,17,20)/b9-8+. The molecule has 0 spiro atoms. The third-order valence-electron chi connectivity index (χ3n) is 3.20. The van der Waals surface area contributed by atoms with Gasteiger partial charge in [0.2, 0.25) is 5.91 Å². The molecule has 106 valence electrons. The van der Waals surface area contributed by atoms with E-state index in [-0.39, 0.29) is 12.5 Å². The molecule has 1 aromatic carbocycles. The van der Waals surface area contributed by atoms with E-state index in [4.69, 9.17) is 5.11 Å². The summed E-state index contributed by atoms with van der Waals surface area (Å²) in [6, 6.07) is 8.05. The van der Waals surface area contributed by atoms with E-state index < -0.39 is 5.54 Å². The minimum atomic E-state index is -0.611. The molecule has 4 nitrogen and oxygen atoms in total. The maximum absolute atomic E-state index is 11.8. The molecule has 20 heavy (non-hydrogen) atoms. The van der Waals surface area contributed by atoms with Crippen molar-refractivity contribution < 1.29 is 9.90 Å². The van der Waals surface area contributed by atoms with Gasteiger partial charge in [0.05, 0.1) is 12.1 Å². The maximum atomic E-state index is 11.8. The first-order valence-electron chi connectivity index (χ1n) is 6.58. The van der Waals surface area contributed by atoms with E-state index in [1.54, 1.807) is 19.9 Å². The molecule has 1 amide bonds. The van der Waals surface area contributed by atoms with Gasteiger partial charge < -0.3 is 15.0 Å². The highest BCUT2D eigenvalue weighted by atomic mass is 16.3. The molecule has 4 heteroatoms. The van der Waals surface area contributed by atoms with Crippen LogP contribution in [0.3, 0.4) is 0 Å². The van der Waals surface area contributed by atoms with Crippen LogP contribution in [-0.4, -0.2) is 27.7 Å². The number of aliphatic hydroxyl groups excluding tert-OH is 1. The molecule has 0 aliphatic rings. The number of amides is 1. The summed E-state index contributed by atoms with van der Waals surface area (Å²) in [5.74, 6) is -0.211. The van der Waals surface area contributed by atoms with Gasteiger partial charge in [-0.3, -0.25) is 4.79 Å². The van der Waals surface area contributed by atoms with Crippen LogP contribution in [0.25, 0.3) is 17.0 Å². The number of aliphatic hydroxyl groups is 1. The fraction of sp³-hybridized carbons (Fsp3) is 0.312. The largest absolute Gasteiger partial charge is 0.394 e. The first-order chi connectivity index (χ1) is 9.43. The lowest BCUT2D eigenvalue weighted by Crippen LogP contribution is -2.45. The van der Waals surface area contributed by atoms with Crippen molar-refractivity contribution >= 4 is 22.9 Å². The van der Waals surface area contributed by atoms with Gasteiger partial charge in [0.15, 0.2) is 0 Å². The third kappa shape index (κ3) is 3.08. The number of hydrogen-bond donors (Lipinski definition) is 2. The Hall–Kier alpha value is -2.07. The van der Waals surface area contributed by atoms with Crippen LogP contribution in [0.15, 0.2) is 36.5 Å². The summed E-state index contributed by atoms with van der Waals surface area (Å²) in [4.78, 5) is 11.8. The number of rotatable bonds is 4. The minimum absolute atomic E-state index is 0.0964. The van der Waals surface area contributed by atoms with Crippen LogP contribution in [0, 0.1) is 0 Å². The van der Waals surface area contributed by atoms with E-state index in [0.717, 1.165) is 16.5 Å². The molecule has 0 saturated carbocycles. The molecule has 0 aliphatic heterocycles. The van der Waals surface area contributed by atoms with Gasteiger partial charge in [-0.05, 0) is 26.0 Å². The van der Waals surface area contributed by atoms with Crippen molar-refractivity contribution in [3.63, 3.8) is 0 Å². The molecule has 1 aromatic heterocycles. The molecule has 0 saturated heterocycles. The van der Waals surface area contributed by atoms with E-state index in [0.29, 0.717) is 0 Å². The number of carbonyl (C=O) groups excluding carboxylic acids is 1. The van der Waals surface area contributed by atoms with E-state index in [2.05, 4.69) is 5.32 Å². The van der Waals surface area contributed by atoms with Gasteiger partial charge in [-0.15, -0.1) is 0 Å². The molecule has 2 aromatic rings. The van der Waals surface area contributed by atoms with Crippen LogP contribution in [0.2, 0.25) is 0 Å². The summed E-state index contributed by atoms with van der Waals surface area (Å²) in [6.45, 7) is 3.45. The van der Waals surface area contributed by atoms with Crippen molar-refractivity contribution in [1.29, 1.82) is 0 Å². The van der Waals surface area contributed by atoms with Crippen LogP contribution < -0.4 is 5.32 Å². The summed E-state index contributed by atoms with van der Waals surface area (Å²) in [6.07, 6.45) is 5.29. The molecule has 1 heterocycles. The average molecular weight is 272 g/mol. The Balaban J connectivity index is 2.20. The fourth-order valence-electron chi connectivity index (χ4n) is 2.09. The van der Waals surface area contributed by atoms with E-state index in [9.17, 15) is 4.79 Å². The summed E-state index contributed by atoms with van der Waals surface area (Å²) < 4.78 is 2.03. The number of aryl methyl sites for hydroxylation is 1. The van der Waals surface area contributed by atoms with Crippen LogP contribution >= 0.6 is 0 Å². The van der Waals surface area contributed by atoms with E-state index in [1.807, 2.05) is 42.1 Å². The predicted octanol–water partition coefficient (Wildman–Crippen LogP) is 2.08. The molecule has 0 atom stereocenters. The summed E-state index contributed by atoms with van der Waals surface area (Å²) in [5.41, 5.74) is 1.52. The quantitative estimate of drug-likeness (QED) is 0.837. The Labute approximate surface area is 118 Å². The van der Waals surface area contributed by atoms with Gasteiger partial charge in [-0.1, -0.05) is 18.2 Å². The summed E-state index contributed by atoms with van der Waals surface area (Å²) in [5, 5.41) is 13.0. The van der Waals surface area contributed by atoms with Gasteiger partial charge in [-0.2, -0.15) is 0 Å². The van der Waals surface area contributed by atoms with E-state index in [1.165, 1.54) is 6.08 Å². The highest BCUT2D eigenvalue weighted by Gasteiger charge is 2.17. The summed E-state index contributed by atoms with van der Waals surface area (Å²) in [7, 11) is 1.98. The maximum Gasteiger partial charge on any atom is 0.244 e. The number of benzene rings is 1. The SMILES string of the molecule is Cn1cc(/C=C/C(=O)NC(C)(C)CO)c2ccccc21. The van der Waals surface area contributed by atoms with Crippen LogP contribution in [0.5, 0.6) is 0 Å². The van der Waals surface area contributed by atoms with Crippen molar-refractivity contribution in [2.45, 2.75) is 19.4 Å². The first kappa shape index (κ1) is 14.3. The topological polar surface area (TPSA) is 54.3 Å². The first-order valence-corrected chi connectivity index (χ1v) is 6.58. The number of nitrogens with zero attached hydrogens (tertiary/aromatic N) is 1. The Bertz CT molecular complexity index is 654. The molecule has 0 radical (unpaired) electrons. The molecular formula is C16H20N2O2. The molecule has 0 bridgehead atoms. The normalized spacial score (nSPS) is 12.2. The molecule has 0 unspecified atom stereocenters. The van der Waals surface area contributed by atoms with Gasteiger partial charge in [0.25, 0.3) is 0 Å².